The molecule has 1 aromatic heterocycles. The van der Waals surface area contributed by atoms with E-state index >= 15 is 0 Å². The lowest BCUT2D eigenvalue weighted by atomic mass is 9.98. The van der Waals surface area contributed by atoms with Crippen molar-refractivity contribution >= 4 is 34.4 Å². The molecule has 1 aliphatic heterocycles. The van der Waals surface area contributed by atoms with Crippen molar-refractivity contribution in [1.82, 2.24) is 9.88 Å². The summed E-state index contributed by atoms with van der Waals surface area (Å²) >= 11 is 1.10. The number of piperidine rings is 1. The number of aromatic nitrogens is 1. The van der Waals surface area contributed by atoms with E-state index in [4.69, 9.17) is 4.74 Å². The van der Waals surface area contributed by atoms with Gasteiger partial charge in [0, 0.05) is 17.8 Å². The van der Waals surface area contributed by atoms with E-state index in [1.165, 1.54) is 10.3 Å². The fraction of sp³-hybridized carbons (Fsp3) is 0.280. The van der Waals surface area contributed by atoms with Crippen molar-refractivity contribution in [2.24, 2.45) is 0 Å². The molecule has 1 aliphatic carbocycles. The second-order valence-electron chi connectivity index (χ2n) is 8.34. The number of benzene rings is 2. The van der Waals surface area contributed by atoms with Crippen molar-refractivity contribution in [3.8, 4) is 11.1 Å². The summed E-state index contributed by atoms with van der Waals surface area (Å²) in [6.07, 6.45) is 1.30. The minimum absolute atomic E-state index is 0.0568. The number of carbonyl (C=O) groups excluding carboxylic acids is 2. The van der Waals surface area contributed by atoms with Crippen molar-refractivity contribution in [3.05, 3.63) is 70.7 Å². The van der Waals surface area contributed by atoms with Gasteiger partial charge in [-0.1, -0.05) is 48.5 Å². The second kappa shape index (κ2) is 9.26. The molecule has 1 saturated heterocycles. The van der Waals surface area contributed by atoms with Crippen LogP contribution in [0.3, 0.4) is 0 Å². The van der Waals surface area contributed by atoms with E-state index in [0.717, 1.165) is 46.4 Å². The number of rotatable bonds is 5. The standard InChI is InChI=1S/C25H23N3O5S/c29-22(28-12-6-5-11-21(28)23(30)31)20-14-34-24(26-20)27-25(32)33-13-19-17-9-3-1-7-15(17)16-8-2-4-10-18(16)19/h1-4,7-10,14,19,21H,5-6,11-13H2,(H,30,31)(H,26,27,32)/t21-/m0/s1. The molecule has 0 radical (unpaired) electrons. The lowest BCUT2D eigenvalue weighted by Gasteiger charge is -2.32. The number of nitrogens with zero attached hydrogens (tertiary/aromatic N) is 2. The fourth-order valence-electron chi connectivity index (χ4n) is 4.73. The number of nitrogens with one attached hydrogen (secondary N) is 1. The van der Waals surface area contributed by atoms with E-state index in [1.54, 1.807) is 0 Å². The van der Waals surface area contributed by atoms with E-state index in [-0.39, 0.29) is 23.4 Å². The average molecular weight is 478 g/mol. The van der Waals surface area contributed by atoms with Crippen LogP contribution in [0, 0.1) is 0 Å². The zero-order valence-electron chi connectivity index (χ0n) is 18.3. The third-order valence-electron chi connectivity index (χ3n) is 6.32. The Morgan fingerprint density at radius 2 is 1.74 bits per heavy atom. The molecule has 2 N–H and O–H groups in total. The molecule has 8 nitrogen and oxygen atoms in total. The molecule has 0 saturated carbocycles. The topological polar surface area (TPSA) is 109 Å². The van der Waals surface area contributed by atoms with Gasteiger partial charge >= 0.3 is 12.1 Å². The zero-order chi connectivity index (χ0) is 23.7. The summed E-state index contributed by atoms with van der Waals surface area (Å²) in [4.78, 5) is 42.3. The number of aliphatic carboxylic acids is 1. The predicted octanol–water partition coefficient (Wildman–Crippen LogP) is 4.58. The van der Waals surface area contributed by atoms with Crippen LogP contribution in [-0.4, -0.2) is 52.2 Å². The summed E-state index contributed by atoms with van der Waals surface area (Å²) in [6.45, 7) is 0.549. The highest BCUT2D eigenvalue weighted by atomic mass is 32.1. The summed E-state index contributed by atoms with van der Waals surface area (Å²) < 4.78 is 5.52. The molecule has 1 atom stereocenters. The molecule has 0 unspecified atom stereocenters. The quantitative estimate of drug-likeness (QED) is 0.557. The average Bonchev–Trinajstić information content (AvgIpc) is 3.45. The second-order valence-corrected chi connectivity index (χ2v) is 9.19. The molecule has 2 aliphatic rings. The van der Waals surface area contributed by atoms with Gasteiger partial charge in [0.25, 0.3) is 5.91 Å². The van der Waals surface area contributed by atoms with Crippen LogP contribution in [0.1, 0.15) is 46.8 Å². The molecule has 9 heteroatoms. The third-order valence-corrected chi connectivity index (χ3v) is 7.08. The molecule has 2 aromatic carbocycles. The Morgan fingerprint density at radius 1 is 1.06 bits per heavy atom. The van der Waals surface area contributed by atoms with Crippen molar-refractivity contribution in [3.63, 3.8) is 0 Å². The van der Waals surface area contributed by atoms with Crippen LogP contribution in [0.2, 0.25) is 0 Å². The number of hydrogen-bond acceptors (Lipinski definition) is 6. The maximum Gasteiger partial charge on any atom is 0.413 e. The van der Waals surface area contributed by atoms with Gasteiger partial charge in [-0.05, 0) is 41.5 Å². The maximum atomic E-state index is 12.8. The lowest BCUT2D eigenvalue weighted by molar-refractivity contribution is -0.143. The van der Waals surface area contributed by atoms with Crippen molar-refractivity contribution in [2.45, 2.75) is 31.2 Å². The van der Waals surface area contributed by atoms with Crippen LogP contribution < -0.4 is 5.32 Å². The van der Waals surface area contributed by atoms with Gasteiger partial charge in [0.05, 0.1) is 0 Å². The Balaban J connectivity index is 1.23. The fourth-order valence-corrected chi connectivity index (χ4v) is 5.40. The highest BCUT2D eigenvalue weighted by Crippen LogP contribution is 2.44. The first kappa shape index (κ1) is 22.1. The van der Waals surface area contributed by atoms with Crippen LogP contribution in [0.25, 0.3) is 11.1 Å². The van der Waals surface area contributed by atoms with Crippen molar-refractivity contribution in [2.75, 3.05) is 18.5 Å². The first-order valence-corrected chi connectivity index (χ1v) is 12.0. The molecular weight excluding hydrogens is 454 g/mol. The molecular formula is C25H23N3O5S. The summed E-state index contributed by atoms with van der Waals surface area (Å²) in [6, 6.07) is 15.3. The normalized spacial score (nSPS) is 17.1. The molecule has 5 rings (SSSR count). The summed E-state index contributed by atoms with van der Waals surface area (Å²) in [5.74, 6) is -1.51. The Kier molecular flexibility index (Phi) is 6.02. The van der Waals surface area contributed by atoms with E-state index < -0.39 is 24.0 Å². The molecule has 0 spiro atoms. The first-order chi connectivity index (χ1) is 16.5. The Morgan fingerprint density at radius 3 is 2.41 bits per heavy atom. The zero-order valence-corrected chi connectivity index (χ0v) is 19.1. The van der Waals surface area contributed by atoms with Gasteiger partial charge in [-0.25, -0.2) is 14.6 Å². The van der Waals surface area contributed by atoms with Crippen molar-refractivity contribution < 1.29 is 24.2 Å². The van der Waals surface area contributed by atoms with E-state index in [2.05, 4.69) is 22.4 Å². The Bertz CT molecular complexity index is 1210. The number of carboxylic acid groups (broad SMARTS) is 1. The molecule has 174 valence electrons. The van der Waals surface area contributed by atoms with Gasteiger partial charge in [-0.3, -0.25) is 10.1 Å². The van der Waals surface area contributed by atoms with E-state index in [0.29, 0.717) is 13.0 Å². The van der Waals surface area contributed by atoms with Crippen LogP contribution in [-0.2, 0) is 9.53 Å². The van der Waals surface area contributed by atoms with Crippen LogP contribution >= 0.6 is 11.3 Å². The highest BCUT2D eigenvalue weighted by molar-refractivity contribution is 7.14. The number of thiazole rings is 1. The largest absolute Gasteiger partial charge is 0.480 e. The Labute approximate surface area is 200 Å². The molecule has 2 heterocycles. The molecule has 2 amide bonds. The molecule has 3 aromatic rings. The number of carboxylic acids is 1. The third kappa shape index (κ3) is 4.14. The molecule has 0 bridgehead atoms. The van der Waals surface area contributed by atoms with Gasteiger partial charge in [0.2, 0.25) is 0 Å². The number of likely N-dealkylation sites (tertiary alicyclic amines) is 1. The van der Waals surface area contributed by atoms with Gasteiger partial charge < -0.3 is 14.7 Å². The number of hydrogen-bond donors (Lipinski definition) is 2. The predicted molar refractivity (Wildman–Crippen MR) is 127 cm³/mol. The van der Waals surface area contributed by atoms with Crippen LogP contribution in [0.5, 0.6) is 0 Å². The van der Waals surface area contributed by atoms with E-state index in [9.17, 15) is 19.5 Å². The Hall–Kier alpha value is -3.72. The number of ether oxygens (including phenoxy) is 1. The lowest BCUT2D eigenvalue weighted by Crippen LogP contribution is -2.48. The van der Waals surface area contributed by atoms with Crippen molar-refractivity contribution in [1.29, 1.82) is 0 Å². The summed E-state index contributed by atoms with van der Waals surface area (Å²) in [5, 5.41) is 13.7. The number of anilines is 1. The van der Waals surface area contributed by atoms with Gasteiger partial charge in [-0.15, -0.1) is 11.3 Å². The van der Waals surface area contributed by atoms with Gasteiger partial charge in [0.1, 0.15) is 18.3 Å². The maximum absolute atomic E-state index is 12.8. The minimum Gasteiger partial charge on any atom is -0.480 e. The van der Waals surface area contributed by atoms with Crippen LogP contribution in [0.4, 0.5) is 9.93 Å². The minimum atomic E-state index is -1.01. The smallest absolute Gasteiger partial charge is 0.413 e. The molecule has 1 fully saturated rings. The number of fused-ring (bicyclic) bond motifs is 3. The number of carbonyl (C=O) groups is 3. The summed E-state index contributed by atoms with van der Waals surface area (Å²) in [7, 11) is 0. The summed E-state index contributed by atoms with van der Waals surface area (Å²) in [5.41, 5.74) is 4.65. The first-order valence-electron chi connectivity index (χ1n) is 11.1. The number of amides is 2. The van der Waals surface area contributed by atoms with Crippen LogP contribution in [0.15, 0.2) is 53.9 Å². The highest BCUT2D eigenvalue weighted by Gasteiger charge is 2.33. The SMILES string of the molecule is O=C(Nc1nc(C(=O)N2CCCC[C@H]2C(=O)O)cs1)OCC1c2ccccc2-c2ccccc21. The van der Waals surface area contributed by atoms with Gasteiger partial charge in [-0.2, -0.15) is 0 Å². The monoisotopic (exact) mass is 477 g/mol. The molecule has 34 heavy (non-hydrogen) atoms. The van der Waals surface area contributed by atoms with Gasteiger partial charge in [0.15, 0.2) is 5.13 Å². The van der Waals surface area contributed by atoms with E-state index in [1.807, 2.05) is 36.4 Å².